The Hall–Kier alpha value is -2.30. The molecule has 8 nitrogen and oxygen atoms in total. The lowest BCUT2D eigenvalue weighted by Gasteiger charge is -2.22. The van der Waals surface area contributed by atoms with Crippen LogP contribution in [0.25, 0.3) is 10.9 Å². The molecule has 1 heterocycles. The molecule has 0 radical (unpaired) electrons. The molecule has 0 bridgehead atoms. The quantitative estimate of drug-likeness (QED) is 0.343. The molecule has 0 saturated heterocycles. The van der Waals surface area contributed by atoms with Crippen molar-refractivity contribution < 1.29 is 28.6 Å². The van der Waals surface area contributed by atoms with Crippen molar-refractivity contribution in [3.05, 3.63) is 33.5 Å². The van der Waals surface area contributed by atoms with Gasteiger partial charge in [-0.15, -0.1) is 0 Å². The number of benzene rings is 1. The average molecular weight is 544 g/mol. The van der Waals surface area contributed by atoms with E-state index in [2.05, 4.69) is 27.9 Å². The lowest BCUT2D eigenvalue weighted by atomic mass is 10.1. The number of carbonyl (C=O) groups is 3. The third-order valence-electron chi connectivity index (χ3n) is 4.05. The predicted octanol–water partition coefficient (Wildman–Crippen LogP) is 4.64. The molecule has 0 fully saturated rings. The Morgan fingerprint density at radius 1 is 1.06 bits per heavy atom. The number of esters is 1. The van der Waals surface area contributed by atoms with E-state index < -0.39 is 35.4 Å². The van der Waals surface area contributed by atoms with Gasteiger partial charge in [-0.2, -0.15) is 0 Å². The molecule has 0 aliphatic carbocycles. The number of nitrogens with zero attached hydrogens (tertiary/aromatic N) is 1. The SMILES string of the molecule is COC(=O)[C@H](Cc1cn(C(=O)OC(C)(C)C)c2cccc(I)c12)NC(=O)OC(C)(C)C. The van der Waals surface area contributed by atoms with E-state index in [9.17, 15) is 14.4 Å². The van der Waals surface area contributed by atoms with Gasteiger partial charge in [0.05, 0.1) is 12.6 Å². The molecule has 1 amide bonds. The molecule has 1 atom stereocenters. The summed E-state index contributed by atoms with van der Waals surface area (Å²) in [5.41, 5.74) is -0.0375. The van der Waals surface area contributed by atoms with Crippen molar-refractivity contribution in [1.29, 1.82) is 0 Å². The maximum Gasteiger partial charge on any atom is 0.419 e. The molecule has 0 spiro atoms. The number of amides is 1. The van der Waals surface area contributed by atoms with Crippen molar-refractivity contribution in [3.63, 3.8) is 0 Å². The second-order valence-electron chi connectivity index (χ2n) is 9.06. The van der Waals surface area contributed by atoms with Crippen LogP contribution in [0.15, 0.2) is 24.4 Å². The van der Waals surface area contributed by atoms with Gasteiger partial charge in [0, 0.05) is 21.6 Å². The van der Waals surface area contributed by atoms with Crippen LogP contribution in [0, 0.1) is 3.57 Å². The van der Waals surface area contributed by atoms with E-state index in [4.69, 9.17) is 14.2 Å². The lowest BCUT2D eigenvalue weighted by molar-refractivity contribution is -0.143. The molecular formula is C22H29IN2O6. The van der Waals surface area contributed by atoms with Crippen LogP contribution >= 0.6 is 22.6 Å². The number of halogens is 1. The van der Waals surface area contributed by atoms with Gasteiger partial charge in [0.2, 0.25) is 0 Å². The largest absolute Gasteiger partial charge is 0.467 e. The summed E-state index contributed by atoms with van der Waals surface area (Å²) in [6.07, 6.45) is 0.486. The normalized spacial score (nSPS) is 12.9. The third kappa shape index (κ3) is 6.84. The van der Waals surface area contributed by atoms with Gasteiger partial charge in [-0.1, -0.05) is 6.07 Å². The summed E-state index contributed by atoms with van der Waals surface area (Å²) in [6.45, 7) is 10.6. The van der Waals surface area contributed by atoms with Crippen molar-refractivity contribution in [2.24, 2.45) is 0 Å². The molecule has 2 rings (SSSR count). The maximum atomic E-state index is 12.8. The molecule has 0 aliphatic rings. The fraction of sp³-hybridized carbons (Fsp3) is 0.500. The summed E-state index contributed by atoms with van der Waals surface area (Å²) in [7, 11) is 1.25. The van der Waals surface area contributed by atoms with E-state index in [1.54, 1.807) is 53.8 Å². The van der Waals surface area contributed by atoms with Gasteiger partial charge in [-0.05, 0) is 81.8 Å². The van der Waals surface area contributed by atoms with Gasteiger partial charge >= 0.3 is 18.2 Å². The summed E-state index contributed by atoms with van der Waals surface area (Å²) < 4.78 is 18.0. The van der Waals surface area contributed by atoms with E-state index in [0.29, 0.717) is 11.1 Å². The first kappa shape index (κ1) is 25.0. The average Bonchev–Trinajstić information content (AvgIpc) is 2.97. The molecule has 31 heavy (non-hydrogen) atoms. The Morgan fingerprint density at radius 3 is 2.23 bits per heavy atom. The highest BCUT2D eigenvalue weighted by atomic mass is 127. The van der Waals surface area contributed by atoms with Crippen LogP contribution in [0.2, 0.25) is 0 Å². The third-order valence-corrected chi connectivity index (χ3v) is 4.95. The minimum atomic E-state index is -0.992. The zero-order valence-corrected chi connectivity index (χ0v) is 21.0. The van der Waals surface area contributed by atoms with Crippen LogP contribution in [0.5, 0.6) is 0 Å². The molecule has 1 aromatic carbocycles. The fourth-order valence-corrected chi connectivity index (χ4v) is 3.77. The zero-order valence-electron chi connectivity index (χ0n) is 18.9. The van der Waals surface area contributed by atoms with Crippen LogP contribution in [0.4, 0.5) is 9.59 Å². The van der Waals surface area contributed by atoms with Crippen molar-refractivity contribution in [2.45, 2.75) is 65.2 Å². The Kier molecular flexibility index (Phi) is 7.61. The first-order valence-corrected chi connectivity index (χ1v) is 10.9. The molecule has 1 N–H and O–H groups in total. The summed E-state index contributed by atoms with van der Waals surface area (Å²) >= 11 is 2.17. The monoisotopic (exact) mass is 544 g/mol. The van der Waals surface area contributed by atoms with Gasteiger partial charge < -0.3 is 19.5 Å². The number of carbonyl (C=O) groups excluding carboxylic acids is 3. The Balaban J connectivity index is 2.44. The van der Waals surface area contributed by atoms with E-state index in [-0.39, 0.29) is 6.42 Å². The molecule has 1 aromatic heterocycles. The summed E-state index contributed by atoms with van der Waals surface area (Å²) in [6, 6.07) is 4.55. The molecule has 170 valence electrons. The van der Waals surface area contributed by atoms with Gasteiger partial charge in [-0.3, -0.25) is 4.57 Å². The number of nitrogens with one attached hydrogen (secondary N) is 1. The van der Waals surface area contributed by atoms with E-state index in [1.807, 2.05) is 12.1 Å². The van der Waals surface area contributed by atoms with Crippen molar-refractivity contribution >= 4 is 51.6 Å². The number of alkyl carbamates (subject to hydrolysis) is 1. The first-order chi connectivity index (χ1) is 14.2. The predicted molar refractivity (Wildman–Crippen MR) is 125 cm³/mol. The summed E-state index contributed by atoms with van der Waals surface area (Å²) in [4.78, 5) is 37.4. The molecule has 0 saturated carbocycles. The lowest BCUT2D eigenvalue weighted by Crippen LogP contribution is -2.45. The smallest absolute Gasteiger partial charge is 0.419 e. The molecule has 0 unspecified atom stereocenters. The van der Waals surface area contributed by atoms with Crippen molar-refractivity contribution in [3.8, 4) is 0 Å². The van der Waals surface area contributed by atoms with Crippen LogP contribution in [-0.2, 0) is 25.4 Å². The molecular weight excluding hydrogens is 515 g/mol. The number of hydrogen-bond donors (Lipinski definition) is 1. The summed E-state index contributed by atoms with van der Waals surface area (Å²) in [5, 5.41) is 3.37. The maximum absolute atomic E-state index is 12.8. The van der Waals surface area contributed by atoms with E-state index >= 15 is 0 Å². The van der Waals surface area contributed by atoms with Crippen molar-refractivity contribution in [1.82, 2.24) is 9.88 Å². The van der Waals surface area contributed by atoms with Gasteiger partial charge in [0.1, 0.15) is 17.2 Å². The van der Waals surface area contributed by atoms with Crippen molar-refractivity contribution in [2.75, 3.05) is 7.11 Å². The number of ether oxygens (including phenoxy) is 3. The highest BCUT2D eigenvalue weighted by Gasteiger charge is 2.28. The Labute approximate surface area is 195 Å². The number of hydrogen-bond acceptors (Lipinski definition) is 6. The fourth-order valence-electron chi connectivity index (χ4n) is 2.94. The highest BCUT2D eigenvalue weighted by Crippen LogP contribution is 2.28. The number of methoxy groups -OCH3 is 1. The van der Waals surface area contributed by atoms with Crippen LogP contribution < -0.4 is 5.32 Å². The van der Waals surface area contributed by atoms with Crippen LogP contribution in [0.1, 0.15) is 47.1 Å². The number of aromatic nitrogens is 1. The highest BCUT2D eigenvalue weighted by molar-refractivity contribution is 14.1. The van der Waals surface area contributed by atoms with Gasteiger partial charge in [0.25, 0.3) is 0 Å². The Bertz CT molecular complexity index is 984. The minimum absolute atomic E-state index is 0.109. The molecule has 2 aromatic rings. The van der Waals surface area contributed by atoms with E-state index in [0.717, 1.165) is 8.96 Å². The number of fused-ring (bicyclic) bond motifs is 1. The molecule has 0 aliphatic heterocycles. The molecule has 9 heteroatoms. The standard InChI is InChI=1S/C22H29IN2O6/c1-21(2,3)30-19(27)24-15(18(26)29-7)11-13-12-25(20(28)31-22(4,5)6)16-10-8-9-14(23)17(13)16/h8-10,12,15H,11H2,1-7H3,(H,24,27)/t15-/m0/s1. The second kappa shape index (κ2) is 9.46. The minimum Gasteiger partial charge on any atom is -0.467 e. The Morgan fingerprint density at radius 2 is 1.68 bits per heavy atom. The second-order valence-corrected chi connectivity index (χ2v) is 10.2. The number of rotatable bonds is 4. The summed E-state index contributed by atoms with van der Waals surface area (Å²) in [5.74, 6) is -0.616. The first-order valence-electron chi connectivity index (χ1n) is 9.81. The topological polar surface area (TPSA) is 95.9 Å². The van der Waals surface area contributed by atoms with E-state index in [1.165, 1.54) is 11.7 Å². The van der Waals surface area contributed by atoms with Gasteiger partial charge in [0.15, 0.2) is 0 Å². The van der Waals surface area contributed by atoms with Gasteiger partial charge in [-0.25, -0.2) is 14.4 Å². The zero-order chi connectivity index (χ0) is 23.6. The van der Waals surface area contributed by atoms with Crippen LogP contribution in [0.3, 0.4) is 0 Å². The van der Waals surface area contributed by atoms with Crippen LogP contribution in [-0.4, -0.2) is 47.1 Å².